The van der Waals surface area contributed by atoms with Crippen LogP contribution in [0.5, 0.6) is 0 Å². The van der Waals surface area contributed by atoms with Gasteiger partial charge in [0.1, 0.15) is 5.82 Å². The molecule has 84 valence electrons. The summed E-state index contributed by atoms with van der Waals surface area (Å²) in [4.78, 5) is 7.78. The van der Waals surface area contributed by atoms with E-state index in [2.05, 4.69) is 22.2 Å². The van der Waals surface area contributed by atoms with E-state index < -0.39 is 0 Å². The average Bonchev–Trinajstić information content (AvgIpc) is 2.76. The predicted octanol–water partition coefficient (Wildman–Crippen LogP) is 1.41. The Balaban J connectivity index is 1.93. The molecule has 1 atom stereocenters. The highest BCUT2D eigenvalue weighted by atomic mass is 16.5. The first-order valence-electron chi connectivity index (χ1n) is 5.72. The number of hydrogen-bond donors (Lipinski definition) is 2. The summed E-state index contributed by atoms with van der Waals surface area (Å²) in [6, 6.07) is 0. The highest BCUT2D eigenvalue weighted by molar-refractivity contribution is 5.06. The standard InChI is InChI=1S/C11H19N3O/c1-2-12-6-10-7-13-11(14-10)9-4-3-5-15-8-9/h7,9,12H,2-6,8H2,1H3,(H,13,14). The van der Waals surface area contributed by atoms with Crippen LogP contribution in [0, 0.1) is 0 Å². The van der Waals surface area contributed by atoms with Crippen LogP contribution >= 0.6 is 0 Å². The third kappa shape index (κ3) is 2.79. The SMILES string of the molecule is CCNCc1cnc(C2CCCOC2)[nH]1. The summed E-state index contributed by atoms with van der Waals surface area (Å²) in [7, 11) is 0. The molecule has 1 aromatic rings. The van der Waals surface area contributed by atoms with Gasteiger partial charge in [0, 0.05) is 31.0 Å². The van der Waals surface area contributed by atoms with Gasteiger partial charge in [-0.05, 0) is 19.4 Å². The maximum absolute atomic E-state index is 5.45. The molecule has 1 aromatic heterocycles. The van der Waals surface area contributed by atoms with Gasteiger partial charge in [0.2, 0.25) is 0 Å². The fraction of sp³-hybridized carbons (Fsp3) is 0.727. The van der Waals surface area contributed by atoms with Gasteiger partial charge < -0.3 is 15.0 Å². The molecule has 0 spiro atoms. The van der Waals surface area contributed by atoms with Crippen LogP contribution in [0.4, 0.5) is 0 Å². The van der Waals surface area contributed by atoms with Gasteiger partial charge in [0.05, 0.1) is 6.61 Å². The smallest absolute Gasteiger partial charge is 0.111 e. The second-order valence-corrected chi connectivity index (χ2v) is 3.99. The van der Waals surface area contributed by atoms with Crippen molar-refractivity contribution in [2.24, 2.45) is 0 Å². The summed E-state index contributed by atoms with van der Waals surface area (Å²) < 4.78 is 5.45. The Morgan fingerprint density at radius 1 is 1.67 bits per heavy atom. The zero-order valence-corrected chi connectivity index (χ0v) is 9.25. The van der Waals surface area contributed by atoms with Crippen molar-refractivity contribution in [3.63, 3.8) is 0 Å². The Morgan fingerprint density at radius 2 is 2.60 bits per heavy atom. The number of imidazole rings is 1. The van der Waals surface area contributed by atoms with Crippen molar-refractivity contribution in [1.29, 1.82) is 0 Å². The van der Waals surface area contributed by atoms with Crippen LogP contribution in [0.25, 0.3) is 0 Å². The van der Waals surface area contributed by atoms with Crippen molar-refractivity contribution in [2.45, 2.75) is 32.2 Å². The molecule has 1 aliphatic rings. The Kier molecular flexibility index (Phi) is 3.75. The molecule has 2 heterocycles. The molecule has 1 aliphatic heterocycles. The van der Waals surface area contributed by atoms with E-state index in [1.54, 1.807) is 0 Å². The van der Waals surface area contributed by atoms with Crippen molar-refractivity contribution in [2.75, 3.05) is 19.8 Å². The molecule has 0 radical (unpaired) electrons. The molecule has 1 unspecified atom stereocenters. The minimum absolute atomic E-state index is 0.467. The first-order valence-corrected chi connectivity index (χ1v) is 5.72. The van der Waals surface area contributed by atoms with Gasteiger partial charge in [-0.2, -0.15) is 0 Å². The number of aromatic amines is 1. The zero-order chi connectivity index (χ0) is 10.5. The summed E-state index contributed by atoms with van der Waals surface area (Å²) in [5, 5.41) is 3.28. The molecule has 1 fully saturated rings. The van der Waals surface area contributed by atoms with E-state index in [4.69, 9.17) is 4.74 Å². The van der Waals surface area contributed by atoms with Crippen molar-refractivity contribution < 1.29 is 4.74 Å². The molecule has 2 rings (SSSR count). The number of rotatable bonds is 4. The maximum Gasteiger partial charge on any atom is 0.111 e. The van der Waals surface area contributed by atoms with E-state index >= 15 is 0 Å². The van der Waals surface area contributed by atoms with E-state index in [0.717, 1.165) is 44.2 Å². The van der Waals surface area contributed by atoms with Crippen LogP contribution in [-0.2, 0) is 11.3 Å². The van der Waals surface area contributed by atoms with Gasteiger partial charge in [0.25, 0.3) is 0 Å². The molecule has 0 aromatic carbocycles. The van der Waals surface area contributed by atoms with E-state index in [-0.39, 0.29) is 0 Å². The predicted molar refractivity (Wildman–Crippen MR) is 58.8 cm³/mol. The molecule has 2 N–H and O–H groups in total. The minimum atomic E-state index is 0.467. The number of ether oxygens (including phenoxy) is 1. The Hall–Kier alpha value is -0.870. The van der Waals surface area contributed by atoms with Crippen LogP contribution in [-0.4, -0.2) is 29.7 Å². The lowest BCUT2D eigenvalue weighted by molar-refractivity contribution is 0.0782. The van der Waals surface area contributed by atoms with Crippen molar-refractivity contribution in [3.05, 3.63) is 17.7 Å². The molecule has 4 nitrogen and oxygen atoms in total. The number of H-pyrrole nitrogens is 1. The van der Waals surface area contributed by atoms with Crippen LogP contribution in [0.15, 0.2) is 6.20 Å². The summed E-state index contributed by atoms with van der Waals surface area (Å²) in [6.07, 6.45) is 4.26. The van der Waals surface area contributed by atoms with E-state index in [9.17, 15) is 0 Å². The van der Waals surface area contributed by atoms with E-state index in [1.165, 1.54) is 6.42 Å². The molecule has 0 bridgehead atoms. The van der Waals surface area contributed by atoms with Gasteiger partial charge in [0.15, 0.2) is 0 Å². The van der Waals surface area contributed by atoms with Crippen LogP contribution in [0.1, 0.15) is 37.2 Å². The van der Waals surface area contributed by atoms with Gasteiger partial charge in [-0.1, -0.05) is 6.92 Å². The van der Waals surface area contributed by atoms with Crippen LogP contribution in [0.3, 0.4) is 0 Å². The van der Waals surface area contributed by atoms with Gasteiger partial charge in [-0.15, -0.1) is 0 Å². The van der Waals surface area contributed by atoms with Crippen molar-refractivity contribution in [1.82, 2.24) is 15.3 Å². The van der Waals surface area contributed by atoms with Crippen LogP contribution < -0.4 is 5.32 Å². The van der Waals surface area contributed by atoms with Gasteiger partial charge in [-0.25, -0.2) is 4.98 Å². The lowest BCUT2D eigenvalue weighted by Crippen LogP contribution is -2.17. The Morgan fingerprint density at radius 3 is 3.33 bits per heavy atom. The van der Waals surface area contributed by atoms with Gasteiger partial charge in [-0.3, -0.25) is 0 Å². The summed E-state index contributed by atoms with van der Waals surface area (Å²) in [5.41, 5.74) is 1.16. The molecule has 4 heteroatoms. The summed E-state index contributed by atoms with van der Waals surface area (Å²) in [5.74, 6) is 1.55. The Bertz CT molecular complexity index is 292. The molecule has 1 saturated heterocycles. The fourth-order valence-electron chi connectivity index (χ4n) is 1.89. The third-order valence-electron chi connectivity index (χ3n) is 2.76. The summed E-state index contributed by atoms with van der Waals surface area (Å²) >= 11 is 0. The second kappa shape index (κ2) is 5.28. The van der Waals surface area contributed by atoms with Crippen LogP contribution in [0.2, 0.25) is 0 Å². The lowest BCUT2D eigenvalue weighted by atomic mass is 10.0. The van der Waals surface area contributed by atoms with Crippen molar-refractivity contribution in [3.8, 4) is 0 Å². The third-order valence-corrected chi connectivity index (χ3v) is 2.76. The maximum atomic E-state index is 5.45. The first-order chi connectivity index (χ1) is 7.40. The van der Waals surface area contributed by atoms with E-state index in [0.29, 0.717) is 5.92 Å². The average molecular weight is 209 g/mol. The molecule has 15 heavy (non-hydrogen) atoms. The zero-order valence-electron chi connectivity index (χ0n) is 9.25. The highest BCUT2D eigenvalue weighted by Crippen LogP contribution is 2.22. The number of nitrogens with one attached hydrogen (secondary N) is 2. The largest absolute Gasteiger partial charge is 0.381 e. The molecule has 0 amide bonds. The number of nitrogens with zero attached hydrogens (tertiary/aromatic N) is 1. The van der Waals surface area contributed by atoms with Crippen molar-refractivity contribution >= 4 is 0 Å². The quantitative estimate of drug-likeness (QED) is 0.788. The first kappa shape index (κ1) is 10.6. The number of aromatic nitrogens is 2. The summed E-state index contributed by atoms with van der Waals surface area (Å²) in [6.45, 7) is 5.68. The minimum Gasteiger partial charge on any atom is -0.381 e. The van der Waals surface area contributed by atoms with Gasteiger partial charge >= 0.3 is 0 Å². The number of hydrogen-bond acceptors (Lipinski definition) is 3. The molecular weight excluding hydrogens is 190 g/mol. The lowest BCUT2D eigenvalue weighted by Gasteiger charge is -2.19. The highest BCUT2D eigenvalue weighted by Gasteiger charge is 2.18. The normalized spacial score (nSPS) is 21.8. The monoisotopic (exact) mass is 209 g/mol. The second-order valence-electron chi connectivity index (χ2n) is 3.99. The van der Waals surface area contributed by atoms with E-state index in [1.807, 2.05) is 6.20 Å². The Labute approximate surface area is 90.4 Å². The topological polar surface area (TPSA) is 49.9 Å². The molecule has 0 saturated carbocycles. The molecular formula is C11H19N3O. The molecule has 0 aliphatic carbocycles. The fourth-order valence-corrected chi connectivity index (χ4v) is 1.89.